The van der Waals surface area contributed by atoms with Gasteiger partial charge in [0, 0.05) is 32.1 Å². The van der Waals surface area contributed by atoms with Gasteiger partial charge in [0.05, 0.1) is 5.92 Å². The van der Waals surface area contributed by atoms with Crippen LogP contribution in [0.5, 0.6) is 0 Å². The highest BCUT2D eigenvalue weighted by atomic mass is 16.2. The number of hydrogen-bond donors (Lipinski definition) is 2. The highest BCUT2D eigenvalue weighted by molar-refractivity contribution is 5.86. The molecule has 2 heterocycles. The van der Waals surface area contributed by atoms with Gasteiger partial charge in [0.2, 0.25) is 11.8 Å². The molecule has 2 N–H and O–H groups in total. The molecule has 0 spiro atoms. The maximum Gasteiger partial charge on any atom is 0.337 e. The van der Waals surface area contributed by atoms with Gasteiger partial charge in [0.15, 0.2) is 6.29 Å². The van der Waals surface area contributed by atoms with Crippen LogP contribution in [-0.2, 0) is 9.59 Å². The summed E-state index contributed by atoms with van der Waals surface area (Å²) in [5, 5.41) is 4.28. The van der Waals surface area contributed by atoms with Crippen LogP contribution in [0, 0.1) is 5.92 Å². The van der Waals surface area contributed by atoms with Gasteiger partial charge in [-0.2, -0.15) is 5.43 Å². The fraction of sp³-hybridized carbons (Fsp3) is 0.812. The molecule has 2 saturated heterocycles. The Morgan fingerprint density at radius 3 is 2.71 bits per heavy atom. The highest BCUT2D eigenvalue weighted by Crippen LogP contribution is 2.37. The van der Waals surface area contributed by atoms with Gasteiger partial charge in [-0.1, -0.05) is 12.8 Å². The SMILES string of the molecule is CC(C)NC(=O)CCN1C(=O)C2CCCCC2N2C(=O)N(C)NC12. The summed E-state index contributed by atoms with van der Waals surface area (Å²) in [5.74, 6) is -0.151. The smallest absolute Gasteiger partial charge is 0.337 e. The zero-order valence-corrected chi connectivity index (χ0v) is 14.6. The summed E-state index contributed by atoms with van der Waals surface area (Å²) < 4.78 is 0. The van der Waals surface area contributed by atoms with Crippen molar-refractivity contribution in [1.82, 2.24) is 25.6 Å². The minimum atomic E-state index is -0.471. The molecule has 3 aliphatic rings. The first-order chi connectivity index (χ1) is 11.4. The summed E-state index contributed by atoms with van der Waals surface area (Å²) in [4.78, 5) is 40.9. The Morgan fingerprint density at radius 2 is 2.00 bits per heavy atom. The minimum Gasteiger partial charge on any atom is -0.354 e. The van der Waals surface area contributed by atoms with Gasteiger partial charge in [0.25, 0.3) is 0 Å². The highest BCUT2D eigenvalue weighted by Gasteiger charge is 2.53. The van der Waals surface area contributed by atoms with E-state index in [1.165, 1.54) is 5.01 Å². The quantitative estimate of drug-likeness (QED) is 0.780. The summed E-state index contributed by atoms with van der Waals surface area (Å²) >= 11 is 0. The predicted molar refractivity (Wildman–Crippen MR) is 87.3 cm³/mol. The number of carbonyl (C=O) groups is 3. The molecule has 3 atom stereocenters. The molecule has 1 aliphatic carbocycles. The summed E-state index contributed by atoms with van der Waals surface area (Å²) in [5.41, 5.74) is 3.07. The summed E-state index contributed by atoms with van der Waals surface area (Å²) in [6.07, 6.45) is 3.52. The summed E-state index contributed by atoms with van der Waals surface area (Å²) in [7, 11) is 1.67. The molecule has 0 aromatic heterocycles. The number of nitrogens with one attached hydrogen (secondary N) is 2. The number of carbonyl (C=O) groups excluding carboxylic acids is 3. The largest absolute Gasteiger partial charge is 0.354 e. The normalized spacial score (nSPS) is 29.8. The Labute approximate surface area is 142 Å². The van der Waals surface area contributed by atoms with Crippen molar-refractivity contribution in [2.45, 2.75) is 64.3 Å². The van der Waals surface area contributed by atoms with Gasteiger partial charge < -0.3 is 10.2 Å². The van der Waals surface area contributed by atoms with Gasteiger partial charge in [-0.05, 0) is 26.7 Å². The van der Waals surface area contributed by atoms with Crippen LogP contribution in [0.15, 0.2) is 0 Å². The molecule has 0 aromatic rings. The van der Waals surface area contributed by atoms with E-state index in [9.17, 15) is 14.4 Å². The molecule has 4 amide bonds. The molecule has 134 valence electrons. The van der Waals surface area contributed by atoms with E-state index in [1.54, 1.807) is 16.8 Å². The van der Waals surface area contributed by atoms with Crippen LogP contribution < -0.4 is 10.7 Å². The van der Waals surface area contributed by atoms with E-state index in [0.717, 1.165) is 25.7 Å². The molecule has 3 rings (SSSR count). The second-order valence-corrected chi connectivity index (χ2v) is 7.21. The zero-order valence-electron chi connectivity index (χ0n) is 14.6. The second-order valence-electron chi connectivity index (χ2n) is 7.21. The maximum atomic E-state index is 12.9. The monoisotopic (exact) mass is 337 g/mol. The van der Waals surface area contributed by atoms with Crippen LogP contribution in [0.2, 0.25) is 0 Å². The van der Waals surface area contributed by atoms with Gasteiger partial charge in [0.1, 0.15) is 0 Å². The van der Waals surface area contributed by atoms with Crippen molar-refractivity contribution in [1.29, 1.82) is 0 Å². The number of hydrogen-bond acceptors (Lipinski definition) is 4. The van der Waals surface area contributed by atoms with Crippen LogP contribution >= 0.6 is 0 Å². The Bertz CT molecular complexity index is 538. The minimum absolute atomic E-state index is 0.0260. The van der Waals surface area contributed by atoms with E-state index in [-0.39, 0.29) is 42.3 Å². The first-order valence-electron chi connectivity index (χ1n) is 8.82. The Balaban J connectivity index is 1.76. The van der Waals surface area contributed by atoms with E-state index in [1.807, 2.05) is 13.8 Å². The van der Waals surface area contributed by atoms with E-state index in [2.05, 4.69) is 10.7 Å². The molecule has 0 radical (unpaired) electrons. The molecule has 8 nitrogen and oxygen atoms in total. The lowest BCUT2D eigenvalue weighted by atomic mass is 9.81. The number of amides is 4. The van der Waals surface area contributed by atoms with E-state index < -0.39 is 6.29 Å². The first kappa shape index (κ1) is 17.0. The topological polar surface area (TPSA) is 85.0 Å². The maximum absolute atomic E-state index is 12.9. The van der Waals surface area contributed by atoms with Crippen LogP contribution in [0.3, 0.4) is 0 Å². The van der Waals surface area contributed by atoms with Crippen molar-refractivity contribution in [2.75, 3.05) is 13.6 Å². The molecular formula is C16H27N5O3. The molecule has 1 saturated carbocycles. The van der Waals surface area contributed by atoms with Gasteiger partial charge in [-0.3, -0.25) is 19.5 Å². The van der Waals surface area contributed by atoms with Crippen molar-refractivity contribution >= 4 is 17.8 Å². The molecule has 24 heavy (non-hydrogen) atoms. The molecule has 2 aliphatic heterocycles. The molecular weight excluding hydrogens is 310 g/mol. The van der Waals surface area contributed by atoms with E-state index in [4.69, 9.17) is 0 Å². The predicted octanol–water partition coefficient (Wildman–Crippen LogP) is 0.458. The molecule has 0 bridgehead atoms. The second kappa shape index (κ2) is 6.58. The third-order valence-corrected chi connectivity index (χ3v) is 5.09. The molecule has 3 fully saturated rings. The lowest BCUT2D eigenvalue weighted by molar-refractivity contribution is -0.156. The third kappa shape index (κ3) is 2.94. The average molecular weight is 337 g/mol. The molecule has 0 aromatic carbocycles. The van der Waals surface area contributed by atoms with Crippen LogP contribution in [-0.4, -0.2) is 64.6 Å². The van der Waals surface area contributed by atoms with Crippen molar-refractivity contribution in [3.05, 3.63) is 0 Å². The van der Waals surface area contributed by atoms with Crippen molar-refractivity contribution in [3.63, 3.8) is 0 Å². The Hall–Kier alpha value is -1.83. The number of rotatable bonds is 4. The van der Waals surface area contributed by atoms with Gasteiger partial charge >= 0.3 is 6.03 Å². The van der Waals surface area contributed by atoms with E-state index >= 15 is 0 Å². The lowest BCUT2D eigenvalue weighted by Crippen LogP contribution is -2.66. The van der Waals surface area contributed by atoms with Gasteiger partial charge in [-0.25, -0.2) is 4.79 Å². The Morgan fingerprint density at radius 1 is 1.29 bits per heavy atom. The van der Waals surface area contributed by atoms with Crippen molar-refractivity contribution in [2.24, 2.45) is 5.92 Å². The molecule has 3 unspecified atom stereocenters. The van der Waals surface area contributed by atoms with Crippen LogP contribution in [0.25, 0.3) is 0 Å². The van der Waals surface area contributed by atoms with Gasteiger partial charge in [-0.15, -0.1) is 0 Å². The summed E-state index contributed by atoms with van der Waals surface area (Å²) in [6.45, 7) is 4.13. The number of fused-ring (bicyclic) bond motifs is 3. The zero-order chi connectivity index (χ0) is 17.4. The third-order valence-electron chi connectivity index (χ3n) is 5.09. The van der Waals surface area contributed by atoms with Crippen molar-refractivity contribution < 1.29 is 14.4 Å². The standard InChI is InChI=1S/C16H27N5O3/c1-10(2)17-13(22)8-9-20-14(23)11-6-4-5-7-12(11)21-15(20)18-19(3)16(21)24/h10-12,15,18H,4-9H2,1-3H3,(H,17,22). The fourth-order valence-corrected chi connectivity index (χ4v) is 4.03. The van der Waals surface area contributed by atoms with Crippen LogP contribution in [0.1, 0.15) is 46.0 Å². The number of nitrogens with zero attached hydrogens (tertiary/aromatic N) is 3. The first-order valence-corrected chi connectivity index (χ1v) is 8.82. The van der Waals surface area contributed by atoms with E-state index in [0.29, 0.717) is 6.54 Å². The fourth-order valence-electron chi connectivity index (χ4n) is 4.03. The number of hydrazine groups is 1. The van der Waals surface area contributed by atoms with Crippen molar-refractivity contribution in [3.8, 4) is 0 Å². The summed E-state index contributed by atoms with van der Waals surface area (Å²) in [6, 6.07) is -0.0472. The van der Waals surface area contributed by atoms with Crippen LogP contribution in [0.4, 0.5) is 4.79 Å². The lowest BCUT2D eigenvalue weighted by Gasteiger charge is -2.48. The average Bonchev–Trinajstić information content (AvgIpc) is 2.82. The number of urea groups is 1. The Kier molecular flexibility index (Phi) is 4.67. The molecule has 8 heteroatoms.